The van der Waals surface area contributed by atoms with E-state index in [2.05, 4.69) is 4.98 Å². The van der Waals surface area contributed by atoms with Gasteiger partial charge in [-0.2, -0.15) is 0 Å². The summed E-state index contributed by atoms with van der Waals surface area (Å²) in [6.07, 6.45) is 4.18. The lowest BCUT2D eigenvalue weighted by Crippen LogP contribution is -1.99. The van der Waals surface area contributed by atoms with E-state index in [1.807, 2.05) is 6.92 Å². The molecule has 0 bridgehead atoms. The predicted octanol–water partition coefficient (Wildman–Crippen LogP) is 0.808. The van der Waals surface area contributed by atoms with Crippen LogP contribution in [0.25, 0.3) is 0 Å². The van der Waals surface area contributed by atoms with Gasteiger partial charge in [0.1, 0.15) is 0 Å². The number of rotatable bonds is 1. The Morgan fingerprint density at radius 2 is 2.10 bits per heavy atom. The normalized spacial score (nSPS) is 9.70. The smallest absolute Gasteiger partial charge is 0.0737 e. The topological polar surface area (TPSA) is 64.9 Å². The summed E-state index contributed by atoms with van der Waals surface area (Å²) >= 11 is 0. The summed E-state index contributed by atoms with van der Waals surface area (Å²) < 4.78 is 0. The number of nitrogens with zero attached hydrogens (tertiary/aromatic N) is 1. The molecule has 1 aromatic rings. The molecule has 3 heteroatoms. The quantitative estimate of drug-likeness (QED) is 0.602. The molecule has 1 heterocycles. The lowest BCUT2D eigenvalue weighted by atomic mass is 10.2. The average molecular weight is 137 g/mol. The van der Waals surface area contributed by atoms with Crippen molar-refractivity contribution in [2.45, 2.75) is 13.3 Å². The molecule has 0 aromatic carbocycles. The SMILES string of the molecule is CCc1cncc(N)c1N. The molecule has 0 atom stereocenters. The van der Waals surface area contributed by atoms with Gasteiger partial charge < -0.3 is 11.5 Å². The average Bonchev–Trinajstić information content (AvgIpc) is 1.95. The van der Waals surface area contributed by atoms with Crippen LogP contribution in [0.3, 0.4) is 0 Å². The fourth-order valence-corrected chi connectivity index (χ4v) is 0.814. The maximum absolute atomic E-state index is 5.63. The second kappa shape index (κ2) is 2.56. The van der Waals surface area contributed by atoms with Crippen LogP contribution in [0.1, 0.15) is 12.5 Å². The van der Waals surface area contributed by atoms with Crippen molar-refractivity contribution >= 4 is 11.4 Å². The molecular formula is C7H11N3. The molecule has 10 heavy (non-hydrogen) atoms. The third-order valence-corrected chi connectivity index (χ3v) is 1.48. The molecule has 0 aliphatic rings. The van der Waals surface area contributed by atoms with Crippen LogP contribution in [0, 0.1) is 0 Å². The summed E-state index contributed by atoms with van der Waals surface area (Å²) in [5.74, 6) is 0. The van der Waals surface area contributed by atoms with Crippen LogP contribution in [-0.4, -0.2) is 4.98 Å². The van der Waals surface area contributed by atoms with Gasteiger partial charge in [-0.15, -0.1) is 0 Å². The summed E-state index contributed by atoms with van der Waals surface area (Å²) in [7, 11) is 0. The summed E-state index contributed by atoms with van der Waals surface area (Å²) in [5.41, 5.74) is 13.4. The van der Waals surface area contributed by atoms with Crippen molar-refractivity contribution in [3.8, 4) is 0 Å². The van der Waals surface area contributed by atoms with E-state index >= 15 is 0 Å². The zero-order valence-corrected chi connectivity index (χ0v) is 5.96. The number of aromatic nitrogens is 1. The Bertz CT molecular complexity index is 232. The Balaban J connectivity index is 3.14. The minimum absolute atomic E-state index is 0.569. The lowest BCUT2D eigenvalue weighted by Gasteiger charge is -2.02. The number of nitrogens with two attached hydrogens (primary N) is 2. The van der Waals surface area contributed by atoms with Gasteiger partial charge in [-0.25, -0.2) is 0 Å². The molecule has 4 N–H and O–H groups in total. The highest BCUT2D eigenvalue weighted by molar-refractivity contribution is 5.65. The standard InChI is InChI=1S/C7H11N3/c1-2-5-3-10-4-6(8)7(5)9/h3-4H,2,8H2,1H3,(H2,9,10). The van der Waals surface area contributed by atoms with Crippen molar-refractivity contribution in [2.75, 3.05) is 11.5 Å². The molecule has 54 valence electrons. The van der Waals surface area contributed by atoms with Gasteiger partial charge in [0, 0.05) is 6.20 Å². The molecular weight excluding hydrogens is 126 g/mol. The maximum atomic E-state index is 5.63. The highest BCUT2D eigenvalue weighted by Crippen LogP contribution is 2.17. The Morgan fingerprint density at radius 3 is 2.60 bits per heavy atom. The zero-order valence-electron chi connectivity index (χ0n) is 5.96. The van der Waals surface area contributed by atoms with Crippen LogP contribution < -0.4 is 11.5 Å². The number of nitrogen functional groups attached to an aromatic ring is 2. The summed E-state index contributed by atoms with van der Waals surface area (Å²) in [6.45, 7) is 2.02. The van der Waals surface area contributed by atoms with Gasteiger partial charge >= 0.3 is 0 Å². The summed E-state index contributed by atoms with van der Waals surface area (Å²) in [4.78, 5) is 3.91. The Hall–Kier alpha value is -1.25. The number of aryl methyl sites for hydroxylation is 1. The molecule has 1 aromatic heterocycles. The molecule has 0 spiro atoms. The molecule has 0 saturated heterocycles. The van der Waals surface area contributed by atoms with Gasteiger partial charge in [0.05, 0.1) is 17.6 Å². The van der Waals surface area contributed by atoms with Crippen molar-refractivity contribution in [2.24, 2.45) is 0 Å². The Kier molecular flexibility index (Phi) is 1.76. The molecule has 0 aliphatic heterocycles. The second-order valence-corrected chi connectivity index (χ2v) is 2.16. The first-order valence-corrected chi connectivity index (χ1v) is 3.23. The van der Waals surface area contributed by atoms with Crippen LogP contribution in [-0.2, 0) is 6.42 Å². The maximum Gasteiger partial charge on any atom is 0.0737 e. The van der Waals surface area contributed by atoms with Gasteiger partial charge in [-0.3, -0.25) is 4.98 Å². The third-order valence-electron chi connectivity index (χ3n) is 1.48. The van der Waals surface area contributed by atoms with E-state index in [-0.39, 0.29) is 0 Å². The van der Waals surface area contributed by atoms with Crippen LogP contribution in [0.15, 0.2) is 12.4 Å². The van der Waals surface area contributed by atoms with Crippen molar-refractivity contribution in [1.82, 2.24) is 4.98 Å². The van der Waals surface area contributed by atoms with E-state index < -0.39 is 0 Å². The molecule has 3 nitrogen and oxygen atoms in total. The van der Waals surface area contributed by atoms with Crippen molar-refractivity contribution in [3.63, 3.8) is 0 Å². The van der Waals surface area contributed by atoms with E-state index in [0.29, 0.717) is 11.4 Å². The third kappa shape index (κ3) is 1.03. The first kappa shape index (κ1) is 6.86. The number of pyridine rings is 1. The Labute approximate surface area is 60.1 Å². The second-order valence-electron chi connectivity index (χ2n) is 2.16. The van der Waals surface area contributed by atoms with Crippen molar-refractivity contribution < 1.29 is 0 Å². The van der Waals surface area contributed by atoms with Crippen LogP contribution >= 0.6 is 0 Å². The molecule has 1 rings (SSSR count). The highest BCUT2D eigenvalue weighted by Gasteiger charge is 1.98. The number of hydrogen-bond donors (Lipinski definition) is 2. The first-order valence-electron chi connectivity index (χ1n) is 3.23. The van der Waals surface area contributed by atoms with Crippen molar-refractivity contribution in [3.05, 3.63) is 18.0 Å². The molecule has 0 fully saturated rings. The van der Waals surface area contributed by atoms with E-state index in [1.165, 1.54) is 0 Å². The number of anilines is 2. The van der Waals surface area contributed by atoms with Crippen LogP contribution in [0.4, 0.5) is 11.4 Å². The lowest BCUT2D eigenvalue weighted by molar-refractivity contribution is 1.11. The molecule has 0 aliphatic carbocycles. The fraction of sp³-hybridized carbons (Fsp3) is 0.286. The van der Waals surface area contributed by atoms with Gasteiger partial charge in [-0.05, 0) is 12.0 Å². The van der Waals surface area contributed by atoms with Gasteiger partial charge in [-0.1, -0.05) is 6.92 Å². The number of hydrogen-bond acceptors (Lipinski definition) is 3. The summed E-state index contributed by atoms with van der Waals surface area (Å²) in [6, 6.07) is 0. The zero-order chi connectivity index (χ0) is 7.56. The molecule has 0 saturated carbocycles. The summed E-state index contributed by atoms with van der Waals surface area (Å²) in [5, 5.41) is 0. The predicted molar refractivity (Wildman–Crippen MR) is 42.4 cm³/mol. The largest absolute Gasteiger partial charge is 0.397 e. The van der Waals surface area contributed by atoms with Crippen LogP contribution in [0.5, 0.6) is 0 Å². The van der Waals surface area contributed by atoms with Crippen LogP contribution in [0.2, 0.25) is 0 Å². The first-order chi connectivity index (χ1) is 4.75. The molecule has 0 amide bonds. The van der Waals surface area contributed by atoms with E-state index in [9.17, 15) is 0 Å². The fourth-order valence-electron chi connectivity index (χ4n) is 0.814. The minimum atomic E-state index is 0.569. The van der Waals surface area contributed by atoms with E-state index in [0.717, 1.165) is 12.0 Å². The van der Waals surface area contributed by atoms with E-state index in [1.54, 1.807) is 12.4 Å². The monoisotopic (exact) mass is 137 g/mol. The minimum Gasteiger partial charge on any atom is -0.397 e. The van der Waals surface area contributed by atoms with Gasteiger partial charge in [0.25, 0.3) is 0 Å². The van der Waals surface area contributed by atoms with E-state index in [4.69, 9.17) is 11.5 Å². The van der Waals surface area contributed by atoms with Crippen molar-refractivity contribution in [1.29, 1.82) is 0 Å². The Morgan fingerprint density at radius 1 is 1.40 bits per heavy atom. The van der Waals surface area contributed by atoms with Gasteiger partial charge in [0.2, 0.25) is 0 Å². The molecule has 0 radical (unpaired) electrons. The highest BCUT2D eigenvalue weighted by atomic mass is 14.7. The molecule has 0 unspecified atom stereocenters. The van der Waals surface area contributed by atoms with Gasteiger partial charge in [0.15, 0.2) is 0 Å².